The predicted octanol–water partition coefficient (Wildman–Crippen LogP) is 1.94. The van der Waals surface area contributed by atoms with Gasteiger partial charge in [0.05, 0.1) is 0 Å². The van der Waals surface area contributed by atoms with E-state index in [1.54, 1.807) is 0 Å². The number of allylic oxidation sites excluding steroid dienone is 1. The highest BCUT2D eigenvalue weighted by atomic mass is 15.2. The van der Waals surface area contributed by atoms with Gasteiger partial charge in [-0.2, -0.15) is 0 Å². The van der Waals surface area contributed by atoms with E-state index in [0.29, 0.717) is 6.04 Å². The standard InChI is InChI=1S/C16H21N3/c17-14-7-4-10-19(12-14)16-8-9-18-11-15(16)13-5-2-1-3-6-13/h1-3,5-6,8,11,14,18H,4,7,9-10,12,17H2/t14-/m1/s1. The van der Waals surface area contributed by atoms with Crippen LogP contribution in [0, 0.1) is 0 Å². The molecule has 0 unspecified atom stereocenters. The lowest BCUT2D eigenvalue weighted by atomic mass is 9.98. The van der Waals surface area contributed by atoms with Crippen molar-refractivity contribution in [2.45, 2.75) is 18.9 Å². The molecule has 1 aromatic carbocycles. The summed E-state index contributed by atoms with van der Waals surface area (Å²) in [6, 6.07) is 10.9. The molecule has 0 amide bonds. The molecule has 19 heavy (non-hydrogen) atoms. The van der Waals surface area contributed by atoms with Gasteiger partial charge in [-0.15, -0.1) is 0 Å². The first-order valence-corrected chi connectivity index (χ1v) is 7.04. The van der Waals surface area contributed by atoms with Crippen LogP contribution in [0.1, 0.15) is 18.4 Å². The van der Waals surface area contributed by atoms with Crippen molar-refractivity contribution in [2.75, 3.05) is 19.6 Å². The van der Waals surface area contributed by atoms with E-state index in [4.69, 9.17) is 5.73 Å². The molecule has 3 nitrogen and oxygen atoms in total. The Morgan fingerprint density at radius 3 is 2.84 bits per heavy atom. The first kappa shape index (κ1) is 12.3. The Morgan fingerprint density at radius 1 is 1.21 bits per heavy atom. The second-order valence-corrected chi connectivity index (χ2v) is 5.27. The molecule has 1 aromatic rings. The molecule has 0 aromatic heterocycles. The molecule has 100 valence electrons. The second kappa shape index (κ2) is 5.49. The van der Waals surface area contributed by atoms with Gasteiger partial charge in [0.2, 0.25) is 0 Å². The number of benzene rings is 1. The normalized spacial score (nSPS) is 23.4. The maximum atomic E-state index is 6.11. The van der Waals surface area contributed by atoms with E-state index in [1.165, 1.54) is 23.3 Å². The highest BCUT2D eigenvalue weighted by molar-refractivity contribution is 5.79. The summed E-state index contributed by atoms with van der Waals surface area (Å²) in [6.45, 7) is 2.98. The minimum atomic E-state index is 0.307. The molecule has 3 heteroatoms. The van der Waals surface area contributed by atoms with Gasteiger partial charge >= 0.3 is 0 Å². The van der Waals surface area contributed by atoms with Crippen LogP contribution in [0.15, 0.2) is 48.3 Å². The number of nitrogens with one attached hydrogen (secondary N) is 1. The lowest BCUT2D eigenvalue weighted by Gasteiger charge is -2.36. The van der Waals surface area contributed by atoms with Crippen molar-refractivity contribution >= 4 is 5.57 Å². The summed E-state index contributed by atoms with van der Waals surface area (Å²) >= 11 is 0. The molecule has 3 rings (SSSR count). The number of hydrogen-bond donors (Lipinski definition) is 2. The third kappa shape index (κ3) is 2.66. The molecule has 0 aliphatic carbocycles. The second-order valence-electron chi connectivity index (χ2n) is 5.27. The summed E-state index contributed by atoms with van der Waals surface area (Å²) in [6.07, 6.45) is 6.74. The van der Waals surface area contributed by atoms with Crippen molar-refractivity contribution in [3.8, 4) is 0 Å². The summed E-state index contributed by atoms with van der Waals surface area (Å²) < 4.78 is 0. The monoisotopic (exact) mass is 255 g/mol. The van der Waals surface area contributed by atoms with Crippen molar-refractivity contribution in [1.29, 1.82) is 0 Å². The largest absolute Gasteiger partial charge is 0.387 e. The molecule has 0 saturated carbocycles. The summed E-state index contributed by atoms with van der Waals surface area (Å²) in [5, 5.41) is 3.32. The van der Waals surface area contributed by atoms with Crippen molar-refractivity contribution in [3.63, 3.8) is 0 Å². The van der Waals surface area contributed by atoms with Crippen LogP contribution in [0.5, 0.6) is 0 Å². The zero-order valence-electron chi connectivity index (χ0n) is 11.2. The van der Waals surface area contributed by atoms with E-state index in [9.17, 15) is 0 Å². The number of likely N-dealkylation sites (tertiary alicyclic amines) is 1. The molecule has 0 spiro atoms. The van der Waals surface area contributed by atoms with E-state index in [0.717, 1.165) is 26.1 Å². The Hall–Kier alpha value is -1.74. The minimum absolute atomic E-state index is 0.307. The number of piperidine rings is 1. The average molecular weight is 255 g/mol. The molecule has 2 aliphatic heterocycles. The lowest BCUT2D eigenvalue weighted by Crippen LogP contribution is -2.43. The topological polar surface area (TPSA) is 41.3 Å². The highest BCUT2D eigenvalue weighted by Crippen LogP contribution is 2.28. The Morgan fingerprint density at radius 2 is 2.05 bits per heavy atom. The Bertz CT molecular complexity index is 490. The van der Waals surface area contributed by atoms with Crippen LogP contribution in [0.3, 0.4) is 0 Å². The zero-order chi connectivity index (χ0) is 13.1. The van der Waals surface area contributed by atoms with Crippen molar-refractivity contribution in [3.05, 3.63) is 53.9 Å². The number of nitrogens with zero attached hydrogens (tertiary/aromatic N) is 1. The van der Waals surface area contributed by atoms with Crippen LogP contribution >= 0.6 is 0 Å². The average Bonchev–Trinajstić information content (AvgIpc) is 2.48. The molecule has 2 aliphatic rings. The first-order valence-electron chi connectivity index (χ1n) is 7.04. The Kier molecular flexibility index (Phi) is 3.56. The van der Waals surface area contributed by atoms with E-state index in [1.807, 2.05) is 0 Å². The van der Waals surface area contributed by atoms with Crippen LogP contribution < -0.4 is 11.1 Å². The van der Waals surface area contributed by atoms with Gasteiger partial charge in [0.1, 0.15) is 0 Å². The molecule has 3 N–H and O–H groups in total. The third-order valence-corrected chi connectivity index (χ3v) is 3.82. The molecular weight excluding hydrogens is 234 g/mol. The third-order valence-electron chi connectivity index (χ3n) is 3.82. The zero-order valence-corrected chi connectivity index (χ0v) is 11.2. The van der Waals surface area contributed by atoms with Crippen LogP contribution in [-0.2, 0) is 0 Å². The fourth-order valence-corrected chi connectivity index (χ4v) is 2.88. The predicted molar refractivity (Wildman–Crippen MR) is 79.3 cm³/mol. The molecule has 1 atom stereocenters. The summed E-state index contributed by atoms with van der Waals surface area (Å²) in [7, 11) is 0. The van der Waals surface area contributed by atoms with Gasteiger partial charge in [0.25, 0.3) is 0 Å². The maximum absolute atomic E-state index is 6.11. The van der Waals surface area contributed by atoms with Gasteiger partial charge in [-0.3, -0.25) is 0 Å². The summed E-state index contributed by atoms with van der Waals surface area (Å²) in [4.78, 5) is 2.44. The van der Waals surface area contributed by atoms with Crippen molar-refractivity contribution in [1.82, 2.24) is 10.2 Å². The number of rotatable bonds is 2. The molecule has 0 bridgehead atoms. The molecule has 0 radical (unpaired) electrons. The lowest BCUT2D eigenvalue weighted by molar-refractivity contribution is 0.267. The van der Waals surface area contributed by atoms with Crippen molar-refractivity contribution < 1.29 is 0 Å². The highest BCUT2D eigenvalue weighted by Gasteiger charge is 2.22. The Balaban J connectivity index is 1.87. The van der Waals surface area contributed by atoms with E-state index >= 15 is 0 Å². The number of hydrogen-bond acceptors (Lipinski definition) is 3. The molecule has 1 saturated heterocycles. The van der Waals surface area contributed by atoms with Crippen molar-refractivity contribution in [2.24, 2.45) is 5.73 Å². The smallest absolute Gasteiger partial charge is 0.0438 e. The molecular formula is C16H21N3. The number of dihydropyridines is 1. The first-order chi connectivity index (χ1) is 9.34. The number of nitrogens with two attached hydrogens (primary N) is 1. The van der Waals surface area contributed by atoms with Crippen LogP contribution in [-0.4, -0.2) is 30.6 Å². The molecule has 1 fully saturated rings. The van der Waals surface area contributed by atoms with Gasteiger partial charge < -0.3 is 16.0 Å². The van der Waals surface area contributed by atoms with E-state index in [-0.39, 0.29) is 0 Å². The van der Waals surface area contributed by atoms with Gasteiger partial charge in [0, 0.05) is 43.1 Å². The summed E-state index contributed by atoms with van der Waals surface area (Å²) in [5.74, 6) is 0. The van der Waals surface area contributed by atoms with Crippen LogP contribution in [0.4, 0.5) is 0 Å². The quantitative estimate of drug-likeness (QED) is 0.848. The molecule has 2 heterocycles. The van der Waals surface area contributed by atoms with Gasteiger partial charge in [-0.05, 0) is 24.5 Å². The van der Waals surface area contributed by atoms with Crippen LogP contribution in [0.2, 0.25) is 0 Å². The fraction of sp³-hybridized carbons (Fsp3) is 0.375. The fourth-order valence-electron chi connectivity index (χ4n) is 2.88. The van der Waals surface area contributed by atoms with E-state index < -0.39 is 0 Å². The SMILES string of the molecule is N[C@@H]1CCCN(C2=CCNC=C2c2ccccc2)C1. The van der Waals surface area contributed by atoms with Gasteiger partial charge in [-0.1, -0.05) is 30.3 Å². The maximum Gasteiger partial charge on any atom is 0.0438 e. The van der Waals surface area contributed by atoms with Gasteiger partial charge in [0.15, 0.2) is 0 Å². The van der Waals surface area contributed by atoms with Crippen LogP contribution in [0.25, 0.3) is 5.57 Å². The minimum Gasteiger partial charge on any atom is -0.387 e. The van der Waals surface area contributed by atoms with E-state index in [2.05, 4.69) is 52.8 Å². The summed E-state index contributed by atoms with van der Waals surface area (Å²) in [5.41, 5.74) is 9.99. The van der Waals surface area contributed by atoms with Gasteiger partial charge in [-0.25, -0.2) is 0 Å². The Labute approximate surface area is 114 Å².